The fraction of sp³-hybridized carbons (Fsp3) is 0.294. The quantitative estimate of drug-likeness (QED) is 0.881. The molecule has 1 amide bonds. The summed E-state index contributed by atoms with van der Waals surface area (Å²) < 4.78 is 0. The lowest BCUT2D eigenvalue weighted by Crippen LogP contribution is -2.53. The third kappa shape index (κ3) is 3.47. The van der Waals surface area contributed by atoms with Gasteiger partial charge in [-0.2, -0.15) is 0 Å². The molecule has 0 aliphatic carbocycles. The molecule has 1 atom stereocenters. The van der Waals surface area contributed by atoms with Crippen LogP contribution in [-0.4, -0.2) is 17.1 Å². The number of hydrogen-bond acceptors (Lipinski definition) is 3. The van der Waals surface area contributed by atoms with Crippen molar-refractivity contribution >= 4 is 11.6 Å². The lowest BCUT2D eigenvalue weighted by atomic mass is 9.91. The molecular formula is C17H21N3O. The Morgan fingerprint density at radius 2 is 1.67 bits per heavy atom. The van der Waals surface area contributed by atoms with E-state index < -0.39 is 6.17 Å². The van der Waals surface area contributed by atoms with E-state index in [2.05, 4.69) is 4.98 Å². The Balaban J connectivity index is 2.44. The van der Waals surface area contributed by atoms with Gasteiger partial charge in [0.25, 0.3) is 5.91 Å². The van der Waals surface area contributed by atoms with E-state index in [0.717, 1.165) is 5.69 Å². The standard InChI is InChI=1S/C17H21N3O/c1-17(2,3)16(18)20(14-9-11-19-12-10-14)15(21)13-7-5-4-6-8-13/h4-12,16H,18H2,1-3H3. The molecule has 4 heteroatoms. The molecule has 110 valence electrons. The zero-order chi connectivity index (χ0) is 15.5. The maximum Gasteiger partial charge on any atom is 0.259 e. The summed E-state index contributed by atoms with van der Waals surface area (Å²) in [6.07, 6.45) is 2.89. The molecule has 2 rings (SSSR count). The summed E-state index contributed by atoms with van der Waals surface area (Å²) in [6.45, 7) is 6.05. The Morgan fingerprint density at radius 3 is 2.19 bits per heavy atom. The number of nitrogens with zero attached hydrogens (tertiary/aromatic N) is 2. The average Bonchev–Trinajstić information content (AvgIpc) is 2.48. The van der Waals surface area contributed by atoms with E-state index in [1.54, 1.807) is 41.6 Å². The molecule has 0 bridgehead atoms. The Hall–Kier alpha value is -2.20. The third-order valence-electron chi connectivity index (χ3n) is 3.35. The van der Waals surface area contributed by atoms with Gasteiger partial charge in [-0.25, -0.2) is 0 Å². The molecule has 4 nitrogen and oxygen atoms in total. The van der Waals surface area contributed by atoms with Crippen molar-refractivity contribution in [3.8, 4) is 0 Å². The zero-order valence-corrected chi connectivity index (χ0v) is 12.7. The van der Waals surface area contributed by atoms with E-state index in [9.17, 15) is 4.79 Å². The normalized spacial score (nSPS) is 12.8. The van der Waals surface area contributed by atoms with E-state index >= 15 is 0 Å². The Morgan fingerprint density at radius 1 is 1.10 bits per heavy atom. The highest BCUT2D eigenvalue weighted by molar-refractivity contribution is 6.06. The van der Waals surface area contributed by atoms with Crippen LogP contribution in [0.3, 0.4) is 0 Å². The molecule has 1 aromatic heterocycles. The molecule has 0 fully saturated rings. The minimum atomic E-state index is -0.437. The van der Waals surface area contributed by atoms with Gasteiger partial charge < -0.3 is 5.73 Å². The van der Waals surface area contributed by atoms with Crippen molar-refractivity contribution in [1.82, 2.24) is 4.98 Å². The van der Waals surface area contributed by atoms with Crippen molar-refractivity contribution in [2.45, 2.75) is 26.9 Å². The number of amides is 1. The first-order chi connectivity index (χ1) is 9.91. The largest absolute Gasteiger partial charge is 0.310 e. The number of carbonyl (C=O) groups excluding carboxylic acids is 1. The average molecular weight is 283 g/mol. The van der Waals surface area contributed by atoms with Crippen molar-refractivity contribution in [2.24, 2.45) is 11.1 Å². The van der Waals surface area contributed by atoms with Crippen LogP contribution in [0.4, 0.5) is 5.69 Å². The Bertz CT molecular complexity index is 590. The van der Waals surface area contributed by atoms with Gasteiger partial charge in [0, 0.05) is 23.6 Å². The lowest BCUT2D eigenvalue weighted by molar-refractivity contribution is 0.0956. The second-order valence-corrected chi connectivity index (χ2v) is 6.06. The second kappa shape index (κ2) is 6.06. The number of benzene rings is 1. The number of carbonyl (C=O) groups is 1. The van der Waals surface area contributed by atoms with Crippen LogP contribution in [0.5, 0.6) is 0 Å². The molecule has 0 saturated carbocycles. The van der Waals surface area contributed by atoms with Crippen molar-refractivity contribution in [3.05, 3.63) is 60.4 Å². The van der Waals surface area contributed by atoms with Crippen LogP contribution in [0.1, 0.15) is 31.1 Å². The van der Waals surface area contributed by atoms with Crippen LogP contribution < -0.4 is 10.6 Å². The van der Waals surface area contributed by atoms with Crippen LogP contribution in [0.25, 0.3) is 0 Å². The van der Waals surface area contributed by atoms with E-state index in [1.165, 1.54) is 0 Å². The van der Waals surface area contributed by atoms with Gasteiger partial charge in [0.05, 0.1) is 6.17 Å². The fourth-order valence-corrected chi connectivity index (χ4v) is 2.02. The van der Waals surface area contributed by atoms with Gasteiger partial charge in [-0.05, 0) is 29.7 Å². The molecule has 21 heavy (non-hydrogen) atoms. The van der Waals surface area contributed by atoms with Gasteiger partial charge >= 0.3 is 0 Å². The first-order valence-corrected chi connectivity index (χ1v) is 6.95. The van der Waals surface area contributed by atoms with Gasteiger partial charge in [-0.1, -0.05) is 39.0 Å². The highest BCUT2D eigenvalue weighted by atomic mass is 16.2. The molecular weight excluding hydrogens is 262 g/mol. The van der Waals surface area contributed by atoms with Crippen molar-refractivity contribution < 1.29 is 4.79 Å². The number of rotatable bonds is 3. The summed E-state index contributed by atoms with van der Waals surface area (Å²) >= 11 is 0. The summed E-state index contributed by atoms with van der Waals surface area (Å²) in [6, 6.07) is 12.8. The highest BCUT2D eigenvalue weighted by Gasteiger charge is 2.32. The SMILES string of the molecule is CC(C)(C)C(N)N(C(=O)c1ccccc1)c1ccncc1. The van der Waals surface area contributed by atoms with Gasteiger partial charge in [0.2, 0.25) is 0 Å². The summed E-state index contributed by atoms with van der Waals surface area (Å²) in [5.41, 5.74) is 7.48. The van der Waals surface area contributed by atoms with E-state index in [-0.39, 0.29) is 11.3 Å². The maximum absolute atomic E-state index is 12.9. The molecule has 0 aliphatic rings. The molecule has 2 N–H and O–H groups in total. The van der Waals surface area contributed by atoms with Crippen LogP contribution in [0.15, 0.2) is 54.9 Å². The first-order valence-electron chi connectivity index (χ1n) is 6.95. The van der Waals surface area contributed by atoms with Gasteiger partial charge in [0.15, 0.2) is 0 Å². The minimum Gasteiger partial charge on any atom is -0.310 e. The topological polar surface area (TPSA) is 59.2 Å². The van der Waals surface area contributed by atoms with Crippen molar-refractivity contribution in [3.63, 3.8) is 0 Å². The van der Waals surface area contributed by atoms with Gasteiger partial charge in [0.1, 0.15) is 0 Å². The number of anilines is 1. The van der Waals surface area contributed by atoms with E-state index in [4.69, 9.17) is 5.73 Å². The number of hydrogen-bond donors (Lipinski definition) is 1. The third-order valence-corrected chi connectivity index (χ3v) is 3.35. The fourth-order valence-electron chi connectivity index (χ4n) is 2.02. The Labute approximate surface area is 125 Å². The van der Waals surface area contributed by atoms with Crippen molar-refractivity contribution in [1.29, 1.82) is 0 Å². The summed E-state index contributed by atoms with van der Waals surface area (Å²) in [7, 11) is 0. The van der Waals surface area contributed by atoms with Gasteiger partial charge in [-0.3, -0.25) is 14.7 Å². The summed E-state index contributed by atoms with van der Waals surface area (Å²) in [4.78, 5) is 18.5. The summed E-state index contributed by atoms with van der Waals surface area (Å²) in [5.74, 6) is -0.107. The predicted octanol–water partition coefficient (Wildman–Crippen LogP) is 3.06. The molecule has 0 aliphatic heterocycles. The maximum atomic E-state index is 12.9. The lowest BCUT2D eigenvalue weighted by Gasteiger charge is -2.37. The molecule has 1 heterocycles. The van der Waals surface area contributed by atoms with Crippen LogP contribution in [-0.2, 0) is 0 Å². The number of pyridine rings is 1. The summed E-state index contributed by atoms with van der Waals surface area (Å²) in [5, 5.41) is 0. The van der Waals surface area contributed by atoms with Crippen LogP contribution >= 0.6 is 0 Å². The number of nitrogens with two attached hydrogens (primary N) is 1. The van der Waals surface area contributed by atoms with E-state index in [0.29, 0.717) is 5.56 Å². The highest BCUT2D eigenvalue weighted by Crippen LogP contribution is 2.27. The molecule has 1 unspecified atom stereocenters. The minimum absolute atomic E-state index is 0.107. The molecule has 0 spiro atoms. The predicted molar refractivity (Wildman–Crippen MR) is 84.9 cm³/mol. The molecule has 0 radical (unpaired) electrons. The first kappa shape index (κ1) is 15.2. The number of aromatic nitrogens is 1. The van der Waals surface area contributed by atoms with Crippen LogP contribution in [0, 0.1) is 5.41 Å². The van der Waals surface area contributed by atoms with E-state index in [1.807, 2.05) is 39.0 Å². The smallest absolute Gasteiger partial charge is 0.259 e. The van der Waals surface area contributed by atoms with Crippen LogP contribution in [0.2, 0.25) is 0 Å². The molecule has 2 aromatic rings. The zero-order valence-electron chi connectivity index (χ0n) is 12.7. The van der Waals surface area contributed by atoms with Gasteiger partial charge in [-0.15, -0.1) is 0 Å². The second-order valence-electron chi connectivity index (χ2n) is 6.06. The monoisotopic (exact) mass is 283 g/mol. The van der Waals surface area contributed by atoms with Crippen molar-refractivity contribution in [2.75, 3.05) is 4.90 Å². The Kier molecular flexibility index (Phi) is 4.38. The molecule has 0 saturated heterocycles. The molecule has 1 aromatic carbocycles.